The second-order valence-electron chi connectivity index (χ2n) is 8.15. The van der Waals surface area contributed by atoms with Crippen molar-refractivity contribution in [1.29, 1.82) is 0 Å². The van der Waals surface area contributed by atoms with Gasteiger partial charge in [0.05, 0.1) is 11.4 Å². The van der Waals surface area contributed by atoms with Crippen molar-refractivity contribution in [1.82, 2.24) is 14.6 Å². The predicted molar refractivity (Wildman–Crippen MR) is 103 cm³/mol. The average Bonchev–Trinajstić information content (AvgIpc) is 3.21. The maximum atomic E-state index is 13.4. The van der Waals surface area contributed by atoms with E-state index in [9.17, 15) is 4.39 Å². The van der Waals surface area contributed by atoms with Crippen LogP contribution >= 0.6 is 0 Å². The summed E-state index contributed by atoms with van der Waals surface area (Å²) in [7, 11) is 0. The van der Waals surface area contributed by atoms with Crippen molar-refractivity contribution in [3.05, 3.63) is 47.5 Å². The van der Waals surface area contributed by atoms with Crippen LogP contribution < -0.4 is 4.90 Å². The van der Waals surface area contributed by atoms with Crippen molar-refractivity contribution in [2.45, 2.75) is 46.0 Å². The summed E-state index contributed by atoms with van der Waals surface area (Å²) in [5, 5.41) is 4.80. The molecule has 2 aromatic heterocycles. The van der Waals surface area contributed by atoms with Gasteiger partial charge in [-0.05, 0) is 37.5 Å². The first-order valence-electron chi connectivity index (χ1n) is 9.26. The van der Waals surface area contributed by atoms with Crippen LogP contribution in [0.25, 0.3) is 16.8 Å². The van der Waals surface area contributed by atoms with Crippen molar-refractivity contribution in [3.63, 3.8) is 0 Å². The van der Waals surface area contributed by atoms with Crippen LogP contribution in [0.5, 0.6) is 0 Å². The first kappa shape index (κ1) is 17.0. The van der Waals surface area contributed by atoms with Crippen molar-refractivity contribution in [2.75, 3.05) is 18.0 Å². The Kier molecular flexibility index (Phi) is 3.98. The third-order valence-corrected chi connectivity index (χ3v) is 5.08. The first-order valence-corrected chi connectivity index (χ1v) is 9.26. The Hall–Kier alpha value is -2.43. The number of benzene rings is 1. The van der Waals surface area contributed by atoms with Crippen LogP contribution in [0.1, 0.15) is 45.0 Å². The Morgan fingerprint density at radius 2 is 1.69 bits per heavy atom. The van der Waals surface area contributed by atoms with E-state index in [-0.39, 0.29) is 11.2 Å². The molecule has 0 aliphatic carbocycles. The van der Waals surface area contributed by atoms with Crippen molar-refractivity contribution < 1.29 is 4.39 Å². The maximum Gasteiger partial charge on any atom is 0.165 e. The van der Waals surface area contributed by atoms with Crippen LogP contribution in [0.2, 0.25) is 0 Å². The Balaban J connectivity index is 2.00. The van der Waals surface area contributed by atoms with Gasteiger partial charge < -0.3 is 4.90 Å². The predicted octanol–water partition coefficient (Wildman–Crippen LogP) is 4.74. The summed E-state index contributed by atoms with van der Waals surface area (Å²) in [6.45, 7) is 10.6. The van der Waals surface area contributed by atoms with Gasteiger partial charge in [0.1, 0.15) is 11.6 Å². The zero-order chi connectivity index (χ0) is 18.5. The second kappa shape index (κ2) is 6.08. The van der Waals surface area contributed by atoms with Gasteiger partial charge in [-0.25, -0.2) is 9.37 Å². The van der Waals surface area contributed by atoms with Crippen LogP contribution in [-0.4, -0.2) is 27.7 Å². The molecule has 1 fully saturated rings. The van der Waals surface area contributed by atoms with Gasteiger partial charge in [0.15, 0.2) is 5.65 Å². The normalized spacial score (nSPS) is 15.2. The number of aryl methyl sites for hydroxylation is 1. The maximum absolute atomic E-state index is 13.4. The summed E-state index contributed by atoms with van der Waals surface area (Å²) in [5.74, 6) is 0.873. The van der Waals surface area contributed by atoms with Crippen LogP contribution in [0.3, 0.4) is 0 Å². The van der Waals surface area contributed by atoms with Gasteiger partial charge in [0.25, 0.3) is 0 Å². The largest absolute Gasteiger partial charge is 0.356 e. The molecule has 0 amide bonds. The molecule has 3 aromatic rings. The Bertz CT molecular complexity index is 945. The number of hydrogen-bond donors (Lipinski definition) is 0. The lowest BCUT2D eigenvalue weighted by Gasteiger charge is -2.23. The highest BCUT2D eigenvalue weighted by atomic mass is 19.1. The number of anilines is 1. The molecule has 0 unspecified atom stereocenters. The molecule has 136 valence electrons. The monoisotopic (exact) mass is 352 g/mol. The molecule has 0 atom stereocenters. The lowest BCUT2D eigenvalue weighted by Crippen LogP contribution is -2.23. The lowest BCUT2D eigenvalue weighted by atomic mass is 9.91. The van der Waals surface area contributed by atoms with Gasteiger partial charge in [-0.1, -0.05) is 32.9 Å². The van der Waals surface area contributed by atoms with E-state index >= 15 is 0 Å². The zero-order valence-corrected chi connectivity index (χ0v) is 15.9. The van der Waals surface area contributed by atoms with Crippen molar-refractivity contribution in [2.24, 2.45) is 0 Å². The fourth-order valence-electron chi connectivity index (χ4n) is 3.62. The number of aromatic nitrogens is 3. The Morgan fingerprint density at radius 3 is 2.31 bits per heavy atom. The number of rotatable bonds is 2. The number of halogens is 1. The van der Waals surface area contributed by atoms with Crippen LogP contribution in [0.15, 0.2) is 30.3 Å². The topological polar surface area (TPSA) is 33.4 Å². The summed E-state index contributed by atoms with van der Waals surface area (Å²) in [6, 6.07) is 8.78. The second-order valence-corrected chi connectivity index (χ2v) is 8.15. The fraction of sp³-hybridized carbons (Fsp3) is 0.429. The van der Waals surface area contributed by atoms with Crippen LogP contribution in [-0.2, 0) is 5.41 Å². The molecular weight excluding hydrogens is 327 g/mol. The molecule has 1 aromatic carbocycles. The van der Waals surface area contributed by atoms with E-state index in [0.29, 0.717) is 0 Å². The molecule has 26 heavy (non-hydrogen) atoms. The van der Waals surface area contributed by atoms with Gasteiger partial charge in [0.2, 0.25) is 0 Å². The van der Waals surface area contributed by atoms with E-state index in [2.05, 4.69) is 31.7 Å². The first-order chi connectivity index (χ1) is 12.3. The van der Waals surface area contributed by atoms with E-state index in [1.807, 2.05) is 11.4 Å². The lowest BCUT2D eigenvalue weighted by molar-refractivity contribution is 0.568. The molecule has 1 saturated heterocycles. The SMILES string of the molecule is Cc1nn2c(N3CCCC3)cc(C(C)(C)C)nc2c1-c1ccc(F)cc1. The minimum atomic E-state index is -0.232. The smallest absolute Gasteiger partial charge is 0.165 e. The number of hydrogen-bond acceptors (Lipinski definition) is 3. The Labute approximate surface area is 153 Å². The molecule has 4 rings (SSSR count). The van der Waals surface area contributed by atoms with Gasteiger partial charge in [-0.15, -0.1) is 0 Å². The molecule has 4 nitrogen and oxygen atoms in total. The number of fused-ring (bicyclic) bond motifs is 1. The highest BCUT2D eigenvalue weighted by molar-refractivity contribution is 5.81. The summed E-state index contributed by atoms with van der Waals surface area (Å²) in [5.41, 5.74) is 4.68. The molecule has 1 aliphatic rings. The molecule has 3 heterocycles. The third kappa shape index (κ3) is 2.85. The summed E-state index contributed by atoms with van der Waals surface area (Å²) >= 11 is 0. The van der Waals surface area contributed by atoms with Gasteiger partial charge in [-0.3, -0.25) is 0 Å². The van der Waals surface area contributed by atoms with Gasteiger partial charge in [-0.2, -0.15) is 9.61 Å². The molecule has 1 aliphatic heterocycles. The van der Waals surface area contributed by atoms with Gasteiger partial charge in [0, 0.05) is 30.1 Å². The summed E-state index contributed by atoms with van der Waals surface area (Å²) in [6.07, 6.45) is 2.42. The summed E-state index contributed by atoms with van der Waals surface area (Å²) in [4.78, 5) is 7.37. The quantitative estimate of drug-likeness (QED) is 0.668. The molecular formula is C21H25FN4. The zero-order valence-electron chi connectivity index (χ0n) is 15.9. The minimum absolute atomic E-state index is 0.0610. The highest BCUT2D eigenvalue weighted by Crippen LogP contribution is 2.33. The molecule has 0 radical (unpaired) electrons. The van der Waals surface area contributed by atoms with Gasteiger partial charge >= 0.3 is 0 Å². The van der Waals surface area contributed by atoms with Crippen LogP contribution in [0.4, 0.5) is 10.2 Å². The Morgan fingerprint density at radius 1 is 1.04 bits per heavy atom. The molecule has 0 spiro atoms. The molecule has 0 bridgehead atoms. The summed E-state index contributed by atoms with van der Waals surface area (Å²) < 4.78 is 15.4. The van der Waals surface area contributed by atoms with E-state index in [0.717, 1.165) is 47.1 Å². The van der Waals surface area contributed by atoms with Crippen molar-refractivity contribution in [3.8, 4) is 11.1 Å². The standard InChI is InChI=1S/C21H25FN4/c1-14-19(15-7-9-16(22)10-8-15)20-23-17(21(2,3)4)13-18(26(20)24-14)25-11-5-6-12-25/h7-10,13H,5-6,11-12H2,1-4H3. The molecule has 0 saturated carbocycles. The highest BCUT2D eigenvalue weighted by Gasteiger charge is 2.25. The van der Waals surface area contributed by atoms with Crippen molar-refractivity contribution >= 4 is 11.5 Å². The molecule has 5 heteroatoms. The molecule has 0 N–H and O–H groups in total. The third-order valence-electron chi connectivity index (χ3n) is 5.08. The number of nitrogens with zero attached hydrogens (tertiary/aromatic N) is 4. The van der Waals surface area contributed by atoms with E-state index in [1.165, 1.54) is 25.0 Å². The van der Waals surface area contributed by atoms with E-state index < -0.39 is 0 Å². The average molecular weight is 352 g/mol. The van der Waals surface area contributed by atoms with E-state index in [4.69, 9.17) is 10.1 Å². The minimum Gasteiger partial charge on any atom is -0.356 e. The van der Waals surface area contributed by atoms with E-state index in [1.54, 1.807) is 12.1 Å². The fourth-order valence-corrected chi connectivity index (χ4v) is 3.62. The van der Waals surface area contributed by atoms with Crippen LogP contribution in [0, 0.1) is 12.7 Å².